The van der Waals surface area contributed by atoms with E-state index < -0.39 is 0 Å². The van der Waals surface area contributed by atoms with Gasteiger partial charge in [-0.2, -0.15) is 0 Å². The molecule has 1 aromatic carbocycles. The van der Waals surface area contributed by atoms with E-state index in [-0.39, 0.29) is 5.41 Å². The minimum Gasteiger partial charge on any atom is -0.330 e. The van der Waals surface area contributed by atoms with Gasteiger partial charge in [0.15, 0.2) is 0 Å². The topological polar surface area (TPSA) is 26.0 Å². The smallest absolute Gasteiger partial charge is 0.0459 e. The van der Waals surface area contributed by atoms with Crippen LogP contribution in [0.3, 0.4) is 0 Å². The third kappa shape index (κ3) is 2.47. The van der Waals surface area contributed by atoms with E-state index in [0.717, 1.165) is 34.4 Å². The van der Waals surface area contributed by atoms with Crippen LogP contribution in [-0.2, 0) is 5.41 Å². The average Bonchev–Trinajstić information content (AvgIpc) is 2.32. The summed E-state index contributed by atoms with van der Waals surface area (Å²) in [4.78, 5) is 0. The van der Waals surface area contributed by atoms with Gasteiger partial charge >= 0.3 is 0 Å². The van der Waals surface area contributed by atoms with Crippen molar-refractivity contribution in [2.75, 3.05) is 6.54 Å². The first-order valence-corrected chi connectivity index (χ1v) is 6.99. The van der Waals surface area contributed by atoms with Crippen molar-refractivity contribution in [1.82, 2.24) is 0 Å². The molecule has 0 atom stereocenters. The minimum atomic E-state index is -0.0120. The van der Waals surface area contributed by atoms with Crippen molar-refractivity contribution >= 4 is 23.2 Å². The lowest BCUT2D eigenvalue weighted by atomic mass is 9.67. The molecule has 1 fully saturated rings. The largest absolute Gasteiger partial charge is 0.330 e. The molecule has 0 unspecified atom stereocenters. The van der Waals surface area contributed by atoms with Crippen molar-refractivity contribution in [1.29, 1.82) is 0 Å². The van der Waals surface area contributed by atoms with E-state index in [2.05, 4.69) is 6.92 Å². The number of benzene rings is 1. The van der Waals surface area contributed by atoms with Crippen molar-refractivity contribution in [2.45, 2.75) is 38.0 Å². The quantitative estimate of drug-likeness (QED) is 0.848. The highest BCUT2D eigenvalue weighted by Gasteiger charge is 2.37. The van der Waals surface area contributed by atoms with E-state index >= 15 is 0 Å². The van der Waals surface area contributed by atoms with E-state index in [9.17, 15) is 0 Å². The lowest BCUT2D eigenvalue weighted by molar-refractivity contribution is 0.248. The standard InChI is InChI=1S/C14H19Cl2N/c1-10-5-7-14(9-17,8-6-10)13-11(15)3-2-4-12(13)16/h2-4,10H,5-9,17H2,1H3. The van der Waals surface area contributed by atoms with Gasteiger partial charge in [-0.05, 0) is 49.3 Å². The Bertz CT molecular complexity index is 375. The fourth-order valence-electron chi connectivity index (χ4n) is 2.88. The van der Waals surface area contributed by atoms with Gasteiger partial charge in [-0.3, -0.25) is 0 Å². The summed E-state index contributed by atoms with van der Waals surface area (Å²) in [6, 6.07) is 5.72. The van der Waals surface area contributed by atoms with E-state index in [1.807, 2.05) is 18.2 Å². The highest BCUT2D eigenvalue weighted by Crippen LogP contribution is 2.45. The fraction of sp³-hybridized carbons (Fsp3) is 0.571. The third-order valence-electron chi connectivity index (χ3n) is 4.12. The van der Waals surface area contributed by atoms with Gasteiger partial charge in [0.05, 0.1) is 0 Å². The zero-order valence-electron chi connectivity index (χ0n) is 10.2. The molecule has 0 saturated heterocycles. The summed E-state index contributed by atoms with van der Waals surface area (Å²) in [5.74, 6) is 0.788. The van der Waals surface area contributed by atoms with E-state index in [4.69, 9.17) is 28.9 Å². The number of halogens is 2. The first-order valence-electron chi connectivity index (χ1n) is 6.23. The van der Waals surface area contributed by atoms with Crippen LogP contribution in [0, 0.1) is 5.92 Å². The molecule has 1 aliphatic carbocycles. The van der Waals surface area contributed by atoms with Crippen molar-refractivity contribution < 1.29 is 0 Å². The second kappa shape index (κ2) is 5.17. The molecule has 1 saturated carbocycles. The van der Waals surface area contributed by atoms with Crippen LogP contribution in [0.25, 0.3) is 0 Å². The maximum absolute atomic E-state index is 6.33. The fourth-order valence-corrected chi connectivity index (χ4v) is 3.67. The predicted octanol–water partition coefficient (Wildman–Crippen LogP) is 4.40. The van der Waals surface area contributed by atoms with Gasteiger partial charge in [0.25, 0.3) is 0 Å². The summed E-state index contributed by atoms with van der Waals surface area (Å²) in [6.45, 7) is 2.93. The summed E-state index contributed by atoms with van der Waals surface area (Å²) >= 11 is 12.7. The Morgan fingerprint density at radius 1 is 1.24 bits per heavy atom. The average molecular weight is 272 g/mol. The van der Waals surface area contributed by atoms with Gasteiger partial charge in [-0.15, -0.1) is 0 Å². The molecule has 1 nitrogen and oxygen atoms in total. The van der Waals surface area contributed by atoms with Crippen LogP contribution in [0.5, 0.6) is 0 Å². The highest BCUT2D eigenvalue weighted by atomic mass is 35.5. The normalized spacial score (nSPS) is 29.3. The molecule has 0 heterocycles. The highest BCUT2D eigenvalue weighted by molar-refractivity contribution is 6.36. The Hall–Kier alpha value is -0.240. The lowest BCUT2D eigenvalue weighted by Gasteiger charge is -2.40. The molecular formula is C14H19Cl2N. The van der Waals surface area contributed by atoms with Crippen LogP contribution in [0.15, 0.2) is 18.2 Å². The predicted molar refractivity (Wildman–Crippen MR) is 74.8 cm³/mol. The summed E-state index contributed by atoms with van der Waals surface area (Å²) in [5.41, 5.74) is 7.09. The SMILES string of the molecule is CC1CCC(CN)(c2c(Cl)cccc2Cl)CC1. The Labute approximate surface area is 113 Å². The monoisotopic (exact) mass is 271 g/mol. The molecular weight excluding hydrogens is 253 g/mol. The van der Waals surface area contributed by atoms with Crippen LogP contribution < -0.4 is 5.73 Å². The second-order valence-electron chi connectivity index (χ2n) is 5.26. The van der Waals surface area contributed by atoms with E-state index in [0.29, 0.717) is 6.54 Å². The van der Waals surface area contributed by atoms with Gasteiger partial charge in [0.1, 0.15) is 0 Å². The van der Waals surface area contributed by atoms with Gasteiger partial charge in [0.2, 0.25) is 0 Å². The molecule has 0 radical (unpaired) electrons. The Kier molecular flexibility index (Phi) is 4.02. The number of hydrogen-bond acceptors (Lipinski definition) is 1. The summed E-state index contributed by atoms with van der Waals surface area (Å²) in [5, 5.41) is 1.52. The van der Waals surface area contributed by atoms with Crippen LogP contribution in [0.1, 0.15) is 38.2 Å². The molecule has 2 rings (SSSR count). The lowest BCUT2D eigenvalue weighted by Crippen LogP contribution is -2.39. The Morgan fingerprint density at radius 2 is 1.76 bits per heavy atom. The molecule has 0 bridgehead atoms. The zero-order valence-corrected chi connectivity index (χ0v) is 11.7. The number of hydrogen-bond donors (Lipinski definition) is 1. The van der Waals surface area contributed by atoms with Gasteiger partial charge in [-0.1, -0.05) is 36.2 Å². The number of rotatable bonds is 2. The van der Waals surface area contributed by atoms with E-state index in [1.165, 1.54) is 12.8 Å². The zero-order chi connectivity index (χ0) is 12.5. The van der Waals surface area contributed by atoms with Crippen LogP contribution >= 0.6 is 23.2 Å². The Morgan fingerprint density at radius 3 is 2.24 bits per heavy atom. The summed E-state index contributed by atoms with van der Waals surface area (Å²) < 4.78 is 0. The van der Waals surface area contributed by atoms with Crippen LogP contribution in [-0.4, -0.2) is 6.54 Å². The summed E-state index contributed by atoms with van der Waals surface area (Å²) in [6.07, 6.45) is 4.60. The number of nitrogens with two attached hydrogens (primary N) is 1. The summed E-state index contributed by atoms with van der Waals surface area (Å²) in [7, 11) is 0. The van der Waals surface area contributed by atoms with Crippen LogP contribution in [0.4, 0.5) is 0 Å². The van der Waals surface area contributed by atoms with Gasteiger partial charge in [-0.25, -0.2) is 0 Å². The maximum Gasteiger partial charge on any atom is 0.0459 e. The van der Waals surface area contributed by atoms with Crippen molar-refractivity contribution in [2.24, 2.45) is 11.7 Å². The van der Waals surface area contributed by atoms with Crippen molar-refractivity contribution in [3.05, 3.63) is 33.8 Å². The Balaban J connectivity index is 2.41. The molecule has 1 aliphatic rings. The minimum absolute atomic E-state index is 0.0120. The molecule has 0 aromatic heterocycles. The molecule has 0 spiro atoms. The van der Waals surface area contributed by atoms with Gasteiger partial charge < -0.3 is 5.73 Å². The maximum atomic E-state index is 6.33. The molecule has 0 amide bonds. The van der Waals surface area contributed by atoms with Crippen molar-refractivity contribution in [3.63, 3.8) is 0 Å². The van der Waals surface area contributed by atoms with Crippen molar-refractivity contribution in [3.8, 4) is 0 Å². The molecule has 2 N–H and O–H groups in total. The molecule has 3 heteroatoms. The van der Waals surface area contributed by atoms with Crippen LogP contribution in [0.2, 0.25) is 10.0 Å². The van der Waals surface area contributed by atoms with Gasteiger partial charge in [0, 0.05) is 22.0 Å². The van der Waals surface area contributed by atoms with E-state index in [1.54, 1.807) is 0 Å². The second-order valence-corrected chi connectivity index (χ2v) is 6.08. The molecule has 17 heavy (non-hydrogen) atoms. The first kappa shape index (κ1) is 13.2. The first-order chi connectivity index (χ1) is 8.09. The molecule has 94 valence electrons. The molecule has 1 aromatic rings. The third-order valence-corrected chi connectivity index (χ3v) is 4.75. The molecule has 0 aliphatic heterocycles.